The normalized spacial score (nSPS) is 10.2. The molecular weight excluding hydrogens is 249 g/mol. The number of hydrogen-bond acceptors (Lipinski definition) is 4. The Bertz CT molecular complexity index is 438. The summed E-state index contributed by atoms with van der Waals surface area (Å²) < 4.78 is 13.2. The van der Waals surface area contributed by atoms with Crippen molar-refractivity contribution in [2.45, 2.75) is 12.2 Å². The first-order valence-electron chi connectivity index (χ1n) is 4.73. The molecule has 0 radical (unpaired) electrons. The number of carboxylic acids is 1. The lowest BCUT2D eigenvalue weighted by atomic mass is 10.2. The Labute approximate surface area is 101 Å². The van der Waals surface area contributed by atoms with E-state index >= 15 is 0 Å². The molecule has 0 unspecified atom stereocenters. The molecule has 17 heavy (non-hydrogen) atoms. The van der Waals surface area contributed by atoms with E-state index in [0.29, 0.717) is 17.1 Å². The number of carboxylic acid groups (broad SMARTS) is 1. The van der Waals surface area contributed by atoms with Gasteiger partial charge in [-0.2, -0.15) is 16.2 Å². The third-order valence-electron chi connectivity index (χ3n) is 1.94. The van der Waals surface area contributed by atoms with E-state index in [0.717, 1.165) is 12.1 Å². The molecule has 0 aromatic heterocycles. The minimum atomic E-state index is -0.882. The summed E-state index contributed by atoms with van der Waals surface area (Å²) in [5.41, 5.74) is 0.0489. The van der Waals surface area contributed by atoms with Crippen LogP contribution in [0.2, 0.25) is 0 Å². The van der Waals surface area contributed by atoms with Crippen molar-refractivity contribution in [2.75, 3.05) is 5.75 Å². The number of hydrogen-bond donors (Lipinski definition) is 1. The summed E-state index contributed by atoms with van der Waals surface area (Å²) in [7, 11) is 0. The molecule has 1 aromatic carbocycles. The lowest BCUT2D eigenvalue weighted by Crippen LogP contribution is -1.97. The van der Waals surface area contributed by atoms with Crippen LogP contribution in [0.4, 0.5) is 10.1 Å². The van der Waals surface area contributed by atoms with E-state index in [1.807, 2.05) is 0 Å². The summed E-state index contributed by atoms with van der Waals surface area (Å²) in [6, 6.07) is 3.68. The van der Waals surface area contributed by atoms with Crippen LogP contribution in [0.3, 0.4) is 0 Å². The zero-order valence-corrected chi connectivity index (χ0v) is 9.58. The van der Waals surface area contributed by atoms with Crippen LogP contribution >= 0.6 is 11.8 Å². The van der Waals surface area contributed by atoms with Crippen LogP contribution in [0.1, 0.15) is 12.0 Å². The molecule has 0 atom stereocenters. The van der Waals surface area contributed by atoms with E-state index in [2.05, 4.69) is 0 Å². The Kier molecular flexibility index (Phi) is 4.89. The second kappa shape index (κ2) is 6.19. The van der Waals surface area contributed by atoms with Gasteiger partial charge in [0, 0.05) is 17.6 Å². The number of nitrogens with zero attached hydrogens (tertiary/aromatic N) is 1. The van der Waals surface area contributed by atoms with Crippen molar-refractivity contribution in [1.82, 2.24) is 0 Å². The van der Waals surface area contributed by atoms with Gasteiger partial charge >= 0.3 is 11.7 Å². The Balaban J connectivity index is 2.53. The molecule has 0 saturated carbocycles. The van der Waals surface area contributed by atoms with Crippen LogP contribution in [-0.2, 0) is 10.5 Å². The number of benzene rings is 1. The summed E-state index contributed by atoms with van der Waals surface area (Å²) >= 11 is 1.34. The number of carbonyl (C=O) groups is 1. The number of thioether (sulfide) groups is 1. The fraction of sp³-hybridized carbons (Fsp3) is 0.300. The van der Waals surface area contributed by atoms with Gasteiger partial charge in [0.2, 0.25) is 5.82 Å². The Morgan fingerprint density at radius 1 is 1.53 bits per heavy atom. The molecule has 0 aliphatic carbocycles. The second-order valence-electron chi connectivity index (χ2n) is 3.24. The van der Waals surface area contributed by atoms with Crippen LogP contribution < -0.4 is 0 Å². The highest BCUT2D eigenvalue weighted by Crippen LogP contribution is 2.21. The van der Waals surface area contributed by atoms with Crippen molar-refractivity contribution in [2.24, 2.45) is 0 Å². The third-order valence-corrected chi connectivity index (χ3v) is 2.97. The molecule has 1 aromatic rings. The zero-order chi connectivity index (χ0) is 12.8. The summed E-state index contributed by atoms with van der Waals surface area (Å²) in [6.07, 6.45) is 0.0418. The van der Waals surface area contributed by atoms with Gasteiger partial charge in [-0.1, -0.05) is 6.07 Å². The first kappa shape index (κ1) is 13.4. The predicted octanol–water partition coefficient (Wildman–Crippen LogP) is 2.44. The molecule has 0 spiro atoms. The molecule has 92 valence electrons. The molecular formula is C10H10FNO4S. The number of aliphatic carboxylic acids is 1. The Morgan fingerprint density at radius 2 is 2.24 bits per heavy atom. The monoisotopic (exact) mass is 259 g/mol. The van der Waals surface area contributed by atoms with Gasteiger partial charge < -0.3 is 5.11 Å². The van der Waals surface area contributed by atoms with E-state index in [1.165, 1.54) is 17.8 Å². The maximum absolute atomic E-state index is 13.2. The molecule has 0 amide bonds. The number of nitro groups is 1. The van der Waals surface area contributed by atoms with Crippen LogP contribution in [0.25, 0.3) is 0 Å². The first-order chi connectivity index (χ1) is 8.00. The lowest BCUT2D eigenvalue weighted by Gasteiger charge is -2.01. The maximum Gasteiger partial charge on any atom is 0.304 e. The second-order valence-corrected chi connectivity index (χ2v) is 4.34. The third kappa shape index (κ3) is 4.39. The van der Waals surface area contributed by atoms with Gasteiger partial charge in [0.15, 0.2) is 0 Å². The van der Waals surface area contributed by atoms with Gasteiger partial charge in [-0.15, -0.1) is 0 Å². The lowest BCUT2D eigenvalue weighted by molar-refractivity contribution is -0.387. The molecule has 5 nitrogen and oxygen atoms in total. The topological polar surface area (TPSA) is 80.4 Å². The largest absolute Gasteiger partial charge is 0.481 e. The van der Waals surface area contributed by atoms with Crippen molar-refractivity contribution < 1.29 is 19.2 Å². The molecule has 1 rings (SSSR count). The van der Waals surface area contributed by atoms with Gasteiger partial charge in [-0.3, -0.25) is 14.9 Å². The fourth-order valence-corrected chi connectivity index (χ4v) is 2.02. The minimum absolute atomic E-state index is 0.0418. The van der Waals surface area contributed by atoms with E-state index in [4.69, 9.17) is 5.11 Å². The van der Waals surface area contributed by atoms with Gasteiger partial charge in [0.25, 0.3) is 0 Å². The molecule has 0 aliphatic rings. The van der Waals surface area contributed by atoms with Crippen molar-refractivity contribution in [3.8, 4) is 0 Å². The van der Waals surface area contributed by atoms with Crippen LogP contribution in [0, 0.1) is 15.9 Å². The van der Waals surface area contributed by atoms with E-state index < -0.39 is 22.4 Å². The molecule has 0 saturated heterocycles. The first-order valence-corrected chi connectivity index (χ1v) is 5.88. The van der Waals surface area contributed by atoms with Crippen molar-refractivity contribution >= 4 is 23.4 Å². The van der Waals surface area contributed by atoms with Crippen LogP contribution in [0.15, 0.2) is 18.2 Å². The average molecular weight is 259 g/mol. The van der Waals surface area contributed by atoms with Crippen LogP contribution in [0.5, 0.6) is 0 Å². The molecule has 0 heterocycles. The van der Waals surface area contributed by atoms with Crippen molar-refractivity contribution in [1.29, 1.82) is 0 Å². The van der Waals surface area contributed by atoms with E-state index in [9.17, 15) is 19.3 Å². The zero-order valence-electron chi connectivity index (χ0n) is 8.76. The summed E-state index contributed by atoms with van der Waals surface area (Å²) in [5.74, 6) is -0.894. The quantitative estimate of drug-likeness (QED) is 0.482. The molecule has 0 aliphatic heterocycles. The standard InChI is InChI=1S/C10H10FNO4S/c11-8-5-7(1-2-9(8)12(15)16)6-17-4-3-10(13)14/h1-2,5H,3-4,6H2,(H,13,14). The highest BCUT2D eigenvalue weighted by atomic mass is 32.2. The smallest absolute Gasteiger partial charge is 0.304 e. The van der Waals surface area contributed by atoms with Crippen molar-refractivity contribution in [3.63, 3.8) is 0 Å². The SMILES string of the molecule is O=C(O)CCSCc1ccc([N+](=O)[O-])c(F)c1. The minimum Gasteiger partial charge on any atom is -0.481 e. The number of nitro benzene ring substituents is 1. The molecule has 0 bridgehead atoms. The summed E-state index contributed by atoms with van der Waals surface area (Å²) in [5, 5.41) is 18.8. The molecule has 7 heteroatoms. The predicted molar refractivity (Wildman–Crippen MR) is 61.5 cm³/mol. The summed E-state index contributed by atoms with van der Waals surface area (Å²) in [4.78, 5) is 19.8. The van der Waals surface area contributed by atoms with Gasteiger partial charge in [-0.05, 0) is 11.6 Å². The van der Waals surface area contributed by atoms with Gasteiger partial charge in [0.1, 0.15) is 0 Å². The van der Waals surface area contributed by atoms with Gasteiger partial charge in [-0.25, -0.2) is 0 Å². The number of rotatable bonds is 6. The van der Waals surface area contributed by atoms with Gasteiger partial charge in [0.05, 0.1) is 11.3 Å². The van der Waals surface area contributed by atoms with E-state index in [-0.39, 0.29) is 6.42 Å². The summed E-state index contributed by atoms with van der Waals surface area (Å²) in [6.45, 7) is 0. The highest BCUT2D eigenvalue weighted by Gasteiger charge is 2.13. The van der Waals surface area contributed by atoms with Crippen LogP contribution in [-0.4, -0.2) is 21.8 Å². The fourth-order valence-electron chi connectivity index (χ4n) is 1.14. The average Bonchev–Trinajstić information content (AvgIpc) is 2.23. The number of halogens is 1. The van der Waals surface area contributed by atoms with Crippen molar-refractivity contribution in [3.05, 3.63) is 39.7 Å². The molecule has 1 N–H and O–H groups in total. The molecule has 0 fully saturated rings. The highest BCUT2D eigenvalue weighted by molar-refractivity contribution is 7.98. The maximum atomic E-state index is 13.2. The Morgan fingerprint density at radius 3 is 2.76 bits per heavy atom. The van der Waals surface area contributed by atoms with E-state index in [1.54, 1.807) is 0 Å². The Hall–Kier alpha value is -1.63.